The highest BCUT2D eigenvalue weighted by Gasteiger charge is 2.97. The average Bonchev–Trinajstić information content (AvgIpc) is 2.59. The third-order valence-corrected chi connectivity index (χ3v) is 3.69. The van der Waals surface area contributed by atoms with Gasteiger partial charge in [0, 0.05) is 0 Å². The molecule has 0 rings (SSSR count). The molecule has 0 aliphatic rings. The van der Waals surface area contributed by atoms with Crippen molar-refractivity contribution < 1.29 is 92.2 Å². The van der Waals surface area contributed by atoms with Crippen LogP contribution in [0.3, 0.4) is 0 Å². The first-order valence-corrected chi connectivity index (χ1v) is 6.76. The predicted octanol–water partition coefficient (Wildman–Crippen LogP) is 6.90. The van der Waals surface area contributed by atoms with Gasteiger partial charge in [-0.25, -0.2) is 0 Å². The van der Waals surface area contributed by atoms with Crippen LogP contribution in [0.2, 0.25) is 0 Å². The molecule has 196 valence electrons. The van der Waals surface area contributed by atoms with Crippen molar-refractivity contribution in [2.24, 2.45) is 0 Å². The van der Waals surface area contributed by atoms with Gasteiger partial charge in [-0.05, 0) is 5.92 Å². The Hall–Kier alpha value is -1.91. The maximum absolute atomic E-state index is 13.3. The van der Waals surface area contributed by atoms with Gasteiger partial charge in [-0.1, -0.05) is 0 Å². The zero-order valence-electron chi connectivity index (χ0n) is 14.0. The van der Waals surface area contributed by atoms with Crippen LogP contribution in [0, 0.1) is 12.3 Å². The fourth-order valence-electron chi connectivity index (χ4n) is 1.65. The number of terminal acetylenes is 1. The van der Waals surface area contributed by atoms with E-state index in [9.17, 15) is 92.2 Å². The van der Waals surface area contributed by atoms with E-state index in [1.807, 2.05) is 0 Å². The first kappa shape index (κ1) is 31.1. The Morgan fingerprint density at radius 1 is 0.303 bits per heavy atom. The molecular formula is C12HF21. The van der Waals surface area contributed by atoms with Gasteiger partial charge in [0.2, 0.25) is 0 Å². The highest BCUT2D eigenvalue weighted by molar-refractivity contribution is 5.21. The second-order valence-corrected chi connectivity index (χ2v) is 5.81. The van der Waals surface area contributed by atoms with Gasteiger partial charge < -0.3 is 0 Å². The summed E-state index contributed by atoms with van der Waals surface area (Å²) in [5, 5.41) is 0. The van der Waals surface area contributed by atoms with E-state index >= 15 is 0 Å². The molecule has 0 fully saturated rings. The molecule has 0 saturated carbocycles. The Bertz CT molecular complexity index is 774. The van der Waals surface area contributed by atoms with Crippen LogP contribution in [-0.2, 0) is 0 Å². The molecule has 0 spiro atoms. The quantitative estimate of drug-likeness (QED) is 0.231. The highest BCUT2D eigenvalue weighted by Crippen LogP contribution is 2.66. The van der Waals surface area contributed by atoms with E-state index in [1.165, 1.54) is 0 Å². The number of halogens is 21. The molecule has 0 bridgehead atoms. The molecular weight excluding hydrogens is 543 g/mol. The van der Waals surface area contributed by atoms with Crippen molar-refractivity contribution >= 4 is 0 Å². The van der Waals surface area contributed by atoms with E-state index in [1.54, 1.807) is 0 Å². The van der Waals surface area contributed by atoms with Crippen molar-refractivity contribution in [1.29, 1.82) is 0 Å². The summed E-state index contributed by atoms with van der Waals surface area (Å²) >= 11 is 0. The summed E-state index contributed by atoms with van der Waals surface area (Å²) in [4.78, 5) is 0. The lowest BCUT2D eigenvalue weighted by molar-refractivity contribution is -0.472. The van der Waals surface area contributed by atoms with Crippen molar-refractivity contribution in [3.8, 4) is 12.3 Å². The molecule has 0 radical (unpaired) electrons. The first-order chi connectivity index (χ1) is 13.8. The van der Waals surface area contributed by atoms with E-state index in [-0.39, 0.29) is 0 Å². The maximum atomic E-state index is 13.3. The minimum Gasteiger partial charge on any atom is -0.192 e. The minimum absolute atomic E-state index is 0.680. The fourth-order valence-corrected chi connectivity index (χ4v) is 1.65. The standard InChI is InChI=1S/C12HF21/c1-2-3(13,14)4(15,16)5(17,18)6(19,20)7(21,22)8(23,24)9(25,26)10(27,28)11(29,30)12(31,32)33/h1H. The van der Waals surface area contributed by atoms with Gasteiger partial charge in [0.1, 0.15) is 0 Å². The molecule has 0 unspecified atom stereocenters. The van der Waals surface area contributed by atoms with Crippen LogP contribution in [0.5, 0.6) is 0 Å². The number of rotatable bonds is 8. The van der Waals surface area contributed by atoms with Gasteiger partial charge in [0.05, 0.1) is 0 Å². The third kappa shape index (κ3) is 3.52. The molecule has 21 heteroatoms. The Labute approximate surface area is 165 Å². The van der Waals surface area contributed by atoms with E-state index in [0.717, 1.165) is 0 Å². The molecule has 0 aromatic carbocycles. The zero-order chi connectivity index (χ0) is 27.7. The van der Waals surface area contributed by atoms with Crippen LogP contribution < -0.4 is 0 Å². The van der Waals surface area contributed by atoms with Crippen LogP contribution in [0.25, 0.3) is 0 Å². The summed E-state index contributed by atoms with van der Waals surface area (Å²) in [5.41, 5.74) is 0. The van der Waals surface area contributed by atoms with Crippen LogP contribution >= 0.6 is 0 Å². The van der Waals surface area contributed by atoms with E-state index in [4.69, 9.17) is 0 Å². The fraction of sp³-hybridized carbons (Fsp3) is 0.833. The molecule has 0 nitrogen and oxygen atoms in total. The SMILES string of the molecule is C#CC(F)(F)C(F)(F)C(F)(F)C(F)(F)C(F)(F)C(F)(F)C(F)(F)C(F)(F)C(F)(F)C(F)(F)F. The van der Waals surface area contributed by atoms with Crippen LogP contribution in [0.4, 0.5) is 92.2 Å². The Morgan fingerprint density at radius 3 is 0.667 bits per heavy atom. The molecule has 0 heterocycles. The molecule has 0 aliphatic heterocycles. The molecule has 0 N–H and O–H groups in total. The zero-order valence-corrected chi connectivity index (χ0v) is 14.0. The van der Waals surface area contributed by atoms with Crippen molar-refractivity contribution in [2.75, 3.05) is 0 Å². The molecule has 0 atom stereocenters. The second kappa shape index (κ2) is 7.29. The van der Waals surface area contributed by atoms with Gasteiger partial charge in [-0.2, -0.15) is 92.2 Å². The smallest absolute Gasteiger partial charge is 0.192 e. The van der Waals surface area contributed by atoms with Gasteiger partial charge >= 0.3 is 59.5 Å². The Balaban J connectivity index is 7.07. The van der Waals surface area contributed by atoms with Crippen LogP contribution in [0.1, 0.15) is 0 Å². The van der Waals surface area contributed by atoms with Gasteiger partial charge in [0.15, 0.2) is 0 Å². The predicted molar refractivity (Wildman–Crippen MR) is 59.4 cm³/mol. The van der Waals surface area contributed by atoms with Crippen molar-refractivity contribution in [3.05, 3.63) is 0 Å². The summed E-state index contributed by atoms with van der Waals surface area (Å²) in [7, 11) is 0. The van der Waals surface area contributed by atoms with Gasteiger partial charge in [0.25, 0.3) is 0 Å². The third-order valence-electron chi connectivity index (χ3n) is 3.69. The lowest BCUT2D eigenvalue weighted by atomic mass is 9.86. The van der Waals surface area contributed by atoms with E-state index < -0.39 is 65.4 Å². The summed E-state index contributed by atoms with van der Waals surface area (Å²) in [5.74, 6) is -78.0. The molecule has 0 aromatic heterocycles. The van der Waals surface area contributed by atoms with E-state index in [0.29, 0.717) is 0 Å². The van der Waals surface area contributed by atoms with Crippen LogP contribution in [-0.4, -0.2) is 59.5 Å². The van der Waals surface area contributed by atoms with Crippen molar-refractivity contribution in [2.45, 2.75) is 59.5 Å². The van der Waals surface area contributed by atoms with Gasteiger partial charge in [-0.15, -0.1) is 6.42 Å². The number of alkyl halides is 21. The molecule has 0 amide bonds. The molecule has 0 aromatic rings. The topological polar surface area (TPSA) is 0 Å². The lowest BCUT2D eigenvalue weighted by Crippen LogP contribution is -2.76. The summed E-state index contributed by atoms with van der Waals surface area (Å²) < 4.78 is 269. The summed E-state index contributed by atoms with van der Waals surface area (Å²) in [6, 6.07) is 0. The summed E-state index contributed by atoms with van der Waals surface area (Å²) in [6.07, 6.45) is -4.46. The normalized spacial score (nSPS) is 16.6. The lowest BCUT2D eigenvalue weighted by Gasteiger charge is -2.44. The molecule has 0 saturated heterocycles. The number of hydrogen-bond acceptors (Lipinski definition) is 0. The summed E-state index contributed by atoms with van der Waals surface area (Å²) in [6.45, 7) is 0. The van der Waals surface area contributed by atoms with E-state index in [2.05, 4.69) is 6.42 Å². The Kier molecular flexibility index (Phi) is 6.87. The maximum Gasteiger partial charge on any atom is 0.460 e. The molecule has 33 heavy (non-hydrogen) atoms. The average molecular weight is 544 g/mol. The second-order valence-electron chi connectivity index (χ2n) is 5.81. The monoisotopic (exact) mass is 544 g/mol. The largest absolute Gasteiger partial charge is 0.460 e. The van der Waals surface area contributed by atoms with Crippen LogP contribution in [0.15, 0.2) is 0 Å². The van der Waals surface area contributed by atoms with Crippen molar-refractivity contribution in [3.63, 3.8) is 0 Å². The minimum atomic E-state index is -9.17. The van der Waals surface area contributed by atoms with Crippen molar-refractivity contribution in [1.82, 2.24) is 0 Å². The highest BCUT2D eigenvalue weighted by atomic mass is 19.4. The first-order valence-electron chi connectivity index (χ1n) is 6.76. The van der Waals surface area contributed by atoms with Gasteiger partial charge in [-0.3, -0.25) is 0 Å². The molecule has 0 aliphatic carbocycles. The number of hydrogen-bond donors (Lipinski definition) is 0. The Morgan fingerprint density at radius 2 is 0.485 bits per heavy atom.